The first-order chi connectivity index (χ1) is 16.6. The molecular formula is C28H25ClN2O3. The lowest BCUT2D eigenvalue weighted by Crippen LogP contribution is -2.19. The van der Waals surface area contributed by atoms with Gasteiger partial charge in [0.2, 0.25) is 5.91 Å². The molecule has 0 radical (unpaired) electrons. The van der Waals surface area contributed by atoms with Gasteiger partial charge in [-0.3, -0.25) is 4.79 Å². The molecule has 0 spiro atoms. The maximum absolute atomic E-state index is 12.3. The summed E-state index contributed by atoms with van der Waals surface area (Å²) in [7, 11) is 0. The number of hydrogen-bond acceptors (Lipinski definition) is 4. The summed E-state index contributed by atoms with van der Waals surface area (Å²) in [6, 6.07) is 27.1. The molecule has 4 rings (SSSR count). The number of fused-ring (bicyclic) bond motifs is 1. The van der Waals surface area contributed by atoms with Gasteiger partial charge in [0.05, 0.1) is 19.2 Å². The molecule has 0 heterocycles. The first kappa shape index (κ1) is 23.3. The van der Waals surface area contributed by atoms with Gasteiger partial charge < -0.3 is 9.47 Å². The number of hydrazone groups is 1. The molecule has 1 amide bonds. The second-order valence-corrected chi connectivity index (χ2v) is 8.09. The fourth-order valence-corrected chi connectivity index (χ4v) is 3.77. The lowest BCUT2D eigenvalue weighted by molar-refractivity contribution is -0.120. The molecule has 1 N–H and O–H groups in total. The van der Waals surface area contributed by atoms with Crippen molar-refractivity contribution in [3.05, 3.63) is 107 Å². The van der Waals surface area contributed by atoms with Crippen molar-refractivity contribution in [2.24, 2.45) is 5.10 Å². The van der Waals surface area contributed by atoms with Crippen molar-refractivity contribution in [3.63, 3.8) is 0 Å². The van der Waals surface area contributed by atoms with Gasteiger partial charge in [0, 0.05) is 10.6 Å². The Hall–Kier alpha value is -3.83. The third kappa shape index (κ3) is 6.15. The number of benzene rings is 4. The Morgan fingerprint density at radius 3 is 2.59 bits per heavy atom. The molecule has 5 nitrogen and oxygen atoms in total. The second kappa shape index (κ2) is 11.3. The van der Waals surface area contributed by atoms with E-state index in [0.717, 1.165) is 27.6 Å². The summed E-state index contributed by atoms with van der Waals surface area (Å²) in [4.78, 5) is 12.3. The van der Waals surface area contributed by atoms with Crippen LogP contribution in [-0.2, 0) is 17.8 Å². The number of nitrogens with zero attached hydrogens (tertiary/aromatic N) is 1. The minimum atomic E-state index is -0.222. The summed E-state index contributed by atoms with van der Waals surface area (Å²) in [5, 5.41) is 6.97. The number of nitrogens with one attached hydrogen (secondary N) is 1. The topological polar surface area (TPSA) is 59.9 Å². The van der Waals surface area contributed by atoms with Crippen LogP contribution in [0.15, 0.2) is 90.0 Å². The highest BCUT2D eigenvalue weighted by Crippen LogP contribution is 2.25. The summed E-state index contributed by atoms with van der Waals surface area (Å²) in [5.74, 6) is 1.18. The van der Waals surface area contributed by atoms with E-state index in [4.69, 9.17) is 21.1 Å². The number of rotatable bonds is 9. The van der Waals surface area contributed by atoms with Gasteiger partial charge in [-0.25, -0.2) is 5.43 Å². The van der Waals surface area contributed by atoms with Crippen LogP contribution in [0.25, 0.3) is 10.8 Å². The third-order valence-corrected chi connectivity index (χ3v) is 5.46. The first-order valence-corrected chi connectivity index (χ1v) is 11.4. The van der Waals surface area contributed by atoms with Crippen molar-refractivity contribution in [1.29, 1.82) is 0 Å². The van der Waals surface area contributed by atoms with E-state index >= 15 is 0 Å². The Balaban J connectivity index is 1.40. The van der Waals surface area contributed by atoms with Crippen molar-refractivity contribution in [3.8, 4) is 11.5 Å². The van der Waals surface area contributed by atoms with E-state index in [-0.39, 0.29) is 12.3 Å². The number of halogens is 1. The Morgan fingerprint density at radius 1 is 0.971 bits per heavy atom. The molecule has 0 atom stereocenters. The van der Waals surface area contributed by atoms with Crippen LogP contribution in [-0.4, -0.2) is 18.7 Å². The molecule has 0 aliphatic carbocycles. The first-order valence-electron chi connectivity index (χ1n) is 11.0. The van der Waals surface area contributed by atoms with Gasteiger partial charge in [-0.05, 0) is 59.2 Å². The van der Waals surface area contributed by atoms with Crippen molar-refractivity contribution >= 4 is 34.5 Å². The summed E-state index contributed by atoms with van der Waals surface area (Å²) < 4.78 is 11.5. The normalized spacial score (nSPS) is 11.0. The zero-order chi connectivity index (χ0) is 23.8. The molecule has 172 valence electrons. The van der Waals surface area contributed by atoms with Crippen molar-refractivity contribution in [2.45, 2.75) is 20.0 Å². The Kier molecular flexibility index (Phi) is 7.79. The standard InChI is InChI=1S/C28H25ClN2O3/c1-2-33-25-13-10-20(11-14-25)16-28(32)31-30-18-23-17-24(29)12-15-27(23)34-19-22-8-5-7-21-6-3-4-9-26(21)22/h3-15,17-18H,2,16,19H2,1H3,(H,31,32)/b30-18-. The maximum atomic E-state index is 12.3. The molecule has 0 fully saturated rings. The zero-order valence-corrected chi connectivity index (χ0v) is 19.6. The van der Waals surface area contributed by atoms with Gasteiger partial charge >= 0.3 is 0 Å². The van der Waals surface area contributed by atoms with Crippen LogP contribution in [0.3, 0.4) is 0 Å². The van der Waals surface area contributed by atoms with E-state index in [0.29, 0.717) is 29.5 Å². The van der Waals surface area contributed by atoms with Gasteiger partial charge in [0.15, 0.2) is 0 Å². The Bertz CT molecular complexity index is 1300. The lowest BCUT2D eigenvalue weighted by atomic mass is 10.1. The monoisotopic (exact) mass is 472 g/mol. The molecule has 0 aromatic heterocycles. The molecule has 4 aromatic carbocycles. The SMILES string of the molecule is CCOc1ccc(CC(=O)N/N=C\c2cc(Cl)ccc2OCc2cccc3ccccc23)cc1. The van der Waals surface area contributed by atoms with E-state index in [1.807, 2.05) is 55.5 Å². The molecule has 0 saturated heterocycles. The predicted molar refractivity (Wildman–Crippen MR) is 137 cm³/mol. The molecule has 0 saturated carbocycles. The van der Waals surface area contributed by atoms with Crippen LogP contribution in [0.4, 0.5) is 0 Å². The smallest absolute Gasteiger partial charge is 0.244 e. The van der Waals surface area contributed by atoms with Crippen LogP contribution in [0.2, 0.25) is 5.02 Å². The molecule has 0 aliphatic rings. The number of carbonyl (C=O) groups excluding carboxylic acids is 1. The van der Waals surface area contributed by atoms with Crippen molar-refractivity contribution in [1.82, 2.24) is 5.43 Å². The van der Waals surface area contributed by atoms with Gasteiger partial charge in [-0.1, -0.05) is 66.2 Å². The Morgan fingerprint density at radius 2 is 1.76 bits per heavy atom. The van der Waals surface area contributed by atoms with Gasteiger partial charge in [0.1, 0.15) is 18.1 Å². The number of amides is 1. The number of ether oxygens (including phenoxy) is 2. The van der Waals surface area contributed by atoms with Crippen molar-refractivity contribution < 1.29 is 14.3 Å². The average Bonchev–Trinajstić information content (AvgIpc) is 2.85. The molecule has 4 aromatic rings. The fraction of sp³-hybridized carbons (Fsp3) is 0.143. The molecule has 0 bridgehead atoms. The van der Waals surface area contributed by atoms with Gasteiger partial charge in [-0.15, -0.1) is 0 Å². The summed E-state index contributed by atoms with van der Waals surface area (Å²) >= 11 is 6.18. The van der Waals surface area contributed by atoms with E-state index in [1.54, 1.807) is 24.4 Å². The highest BCUT2D eigenvalue weighted by atomic mass is 35.5. The molecule has 6 heteroatoms. The van der Waals surface area contributed by atoms with E-state index in [9.17, 15) is 4.79 Å². The Labute approximate surface area is 204 Å². The minimum absolute atomic E-state index is 0.212. The highest BCUT2D eigenvalue weighted by Gasteiger charge is 2.07. The average molecular weight is 473 g/mol. The fourth-order valence-electron chi connectivity index (χ4n) is 3.59. The van der Waals surface area contributed by atoms with Gasteiger partial charge in [0.25, 0.3) is 0 Å². The molecule has 0 aliphatic heterocycles. The lowest BCUT2D eigenvalue weighted by Gasteiger charge is -2.11. The molecular weight excluding hydrogens is 448 g/mol. The second-order valence-electron chi connectivity index (χ2n) is 7.66. The van der Waals surface area contributed by atoms with Crippen LogP contribution >= 0.6 is 11.6 Å². The quantitative estimate of drug-likeness (QED) is 0.234. The maximum Gasteiger partial charge on any atom is 0.244 e. The van der Waals surface area contributed by atoms with E-state index in [2.05, 4.69) is 28.7 Å². The largest absolute Gasteiger partial charge is 0.494 e. The number of hydrogen-bond donors (Lipinski definition) is 1. The van der Waals surface area contributed by atoms with Crippen molar-refractivity contribution in [2.75, 3.05) is 6.61 Å². The van der Waals surface area contributed by atoms with Crippen LogP contribution in [0.5, 0.6) is 11.5 Å². The molecule has 34 heavy (non-hydrogen) atoms. The summed E-state index contributed by atoms with van der Waals surface area (Å²) in [6.07, 6.45) is 1.75. The summed E-state index contributed by atoms with van der Waals surface area (Å²) in [6.45, 7) is 2.93. The number of carbonyl (C=O) groups is 1. The third-order valence-electron chi connectivity index (χ3n) is 5.23. The van der Waals surface area contributed by atoms with Crippen LogP contribution < -0.4 is 14.9 Å². The highest BCUT2D eigenvalue weighted by molar-refractivity contribution is 6.30. The van der Waals surface area contributed by atoms with E-state index in [1.165, 1.54) is 0 Å². The van der Waals surface area contributed by atoms with Crippen LogP contribution in [0, 0.1) is 0 Å². The van der Waals surface area contributed by atoms with Gasteiger partial charge in [-0.2, -0.15) is 5.10 Å². The predicted octanol–water partition coefficient (Wildman–Crippen LogP) is 6.16. The minimum Gasteiger partial charge on any atom is -0.494 e. The summed E-state index contributed by atoms with van der Waals surface area (Å²) in [5.41, 5.74) is 5.20. The van der Waals surface area contributed by atoms with Crippen LogP contribution in [0.1, 0.15) is 23.6 Å². The molecule has 0 unspecified atom stereocenters. The zero-order valence-electron chi connectivity index (χ0n) is 18.8. The van der Waals surface area contributed by atoms with E-state index < -0.39 is 0 Å².